The highest BCUT2D eigenvalue weighted by molar-refractivity contribution is 5.85. The van der Waals surface area contributed by atoms with Crippen molar-refractivity contribution in [3.8, 4) is 11.3 Å². The molecular formula is C9H7F2N3O3. The predicted octanol–water partition coefficient (Wildman–Crippen LogP) is 1.71. The Morgan fingerprint density at radius 3 is 2.82 bits per heavy atom. The van der Waals surface area contributed by atoms with Gasteiger partial charge in [0.05, 0.1) is 5.56 Å². The van der Waals surface area contributed by atoms with Gasteiger partial charge in [0.15, 0.2) is 0 Å². The molecule has 2 aromatic heterocycles. The molecule has 2 heterocycles. The van der Waals surface area contributed by atoms with Crippen molar-refractivity contribution in [2.45, 2.75) is 6.43 Å². The molecule has 0 saturated carbocycles. The molecule has 0 aliphatic heterocycles. The van der Waals surface area contributed by atoms with Crippen LogP contribution in [0.25, 0.3) is 11.3 Å². The van der Waals surface area contributed by atoms with E-state index in [9.17, 15) is 13.6 Å². The lowest BCUT2D eigenvalue weighted by Crippen LogP contribution is -1.92. The fourth-order valence-corrected chi connectivity index (χ4v) is 1.37. The van der Waals surface area contributed by atoms with Crippen molar-refractivity contribution in [1.82, 2.24) is 14.9 Å². The molecule has 1 N–H and O–H groups in total. The molecule has 0 bridgehead atoms. The summed E-state index contributed by atoms with van der Waals surface area (Å²) in [5.41, 5.74) is -0.387. The molecule has 0 aromatic carbocycles. The second-order valence-corrected chi connectivity index (χ2v) is 3.28. The Morgan fingerprint density at radius 2 is 2.29 bits per heavy atom. The zero-order valence-corrected chi connectivity index (χ0v) is 8.59. The van der Waals surface area contributed by atoms with Gasteiger partial charge in [0, 0.05) is 19.3 Å². The Morgan fingerprint density at radius 1 is 1.59 bits per heavy atom. The summed E-state index contributed by atoms with van der Waals surface area (Å²) in [4.78, 5) is 10.6. The van der Waals surface area contributed by atoms with Crippen LogP contribution >= 0.6 is 0 Å². The monoisotopic (exact) mass is 243 g/mol. The number of rotatable bonds is 3. The average Bonchev–Trinajstić information content (AvgIpc) is 2.82. The van der Waals surface area contributed by atoms with Gasteiger partial charge in [-0.2, -0.15) is 5.10 Å². The second-order valence-electron chi connectivity index (χ2n) is 3.28. The number of hydrogen-bond donors (Lipinski definition) is 1. The summed E-state index contributed by atoms with van der Waals surface area (Å²) in [6.45, 7) is 0. The molecule has 8 heteroatoms. The lowest BCUT2D eigenvalue weighted by molar-refractivity contribution is 0.0652. The first-order valence-electron chi connectivity index (χ1n) is 4.51. The van der Waals surface area contributed by atoms with Gasteiger partial charge in [0.1, 0.15) is 11.4 Å². The molecule has 0 radical (unpaired) electrons. The number of carbonyl (C=O) groups is 1. The predicted molar refractivity (Wildman–Crippen MR) is 50.6 cm³/mol. The topological polar surface area (TPSA) is 81.2 Å². The third-order valence-electron chi connectivity index (χ3n) is 2.06. The standard InChI is InChI=1S/C9H7F2N3O3/c1-14-3-4(7(12-14)8(10)11)5-2-6(9(15)16)17-13-5/h2-3,8H,1H3,(H,15,16). The van der Waals surface area contributed by atoms with E-state index in [1.54, 1.807) is 0 Å². The first kappa shape index (κ1) is 11.2. The van der Waals surface area contributed by atoms with Gasteiger partial charge in [0.2, 0.25) is 5.76 Å². The minimum atomic E-state index is -2.77. The molecule has 0 aliphatic rings. The molecule has 17 heavy (non-hydrogen) atoms. The third kappa shape index (κ3) is 2.01. The van der Waals surface area contributed by atoms with Crippen LogP contribution in [0.4, 0.5) is 8.78 Å². The van der Waals surface area contributed by atoms with Gasteiger partial charge < -0.3 is 9.63 Å². The number of carboxylic acids is 1. The molecular weight excluding hydrogens is 236 g/mol. The summed E-state index contributed by atoms with van der Waals surface area (Å²) in [7, 11) is 1.48. The van der Waals surface area contributed by atoms with E-state index in [0.29, 0.717) is 0 Å². The molecule has 6 nitrogen and oxygen atoms in total. The van der Waals surface area contributed by atoms with E-state index in [1.807, 2.05) is 0 Å². The Kier molecular flexibility index (Phi) is 2.62. The van der Waals surface area contributed by atoms with Gasteiger partial charge >= 0.3 is 5.97 Å². The van der Waals surface area contributed by atoms with Crippen molar-refractivity contribution in [1.29, 1.82) is 0 Å². The van der Waals surface area contributed by atoms with Crippen LogP contribution in [0.2, 0.25) is 0 Å². The first-order valence-corrected chi connectivity index (χ1v) is 4.51. The van der Waals surface area contributed by atoms with Crippen LogP contribution in [-0.2, 0) is 7.05 Å². The third-order valence-corrected chi connectivity index (χ3v) is 2.06. The Hall–Kier alpha value is -2.25. The van der Waals surface area contributed by atoms with E-state index in [4.69, 9.17) is 5.11 Å². The van der Waals surface area contributed by atoms with E-state index >= 15 is 0 Å². The lowest BCUT2D eigenvalue weighted by atomic mass is 10.2. The van der Waals surface area contributed by atoms with Gasteiger partial charge in [0.25, 0.3) is 6.43 Å². The maximum absolute atomic E-state index is 12.6. The minimum Gasteiger partial charge on any atom is -0.475 e. The highest BCUT2D eigenvalue weighted by Crippen LogP contribution is 2.29. The van der Waals surface area contributed by atoms with E-state index in [1.165, 1.54) is 17.9 Å². The Labute approximate surface area is 93.4 Å². The van der Waals surface area contributed by atoms with Crippen LogP contribution in [0.1, 0.15) is 22.7 Å². The van der Waals surface area contributed by atoms with Crippen LogP contribution in [-0.4, -0.2) is 26.0 Å². The molecule has 0 saturated heterocycles. The molecule has 0 fully saturated rings. The number of aryl methyl sites for hydroxylation is 1. The van der Waals surface area contributed by atoms with Crippen LogP contribution in [0.15, 0.2) is 16.8 Å². The van der Waals surface area contributed by atoms with Crippen molar-refractivity contribution >= 4 is 5.97 Å². The SMILES string of the molecule is Cn1cc(-c2cc(C(=O)O)on2)c(C(F)F)n1. The summed E-state index contributed by atoms with van der Waals surface area (Å²) >= 11 is 0. The molecule has 0 amide bonds. The van der Waals surface area contributed by atoms with Crippen molar-refractivity contribution in [2.24, 2.45) is 7.05 Å². The normalized spacial score (nSPS) is 11.1. The fraction of sp³-hybridized carbons (Fsp3) is 0.222. The molecule has 0 unspecified atom stereocenters. The summed E-state index contributed by atoms with van der Waals surface area (Å²) in [5, 5.41) is 15.6. The van der Waals surface area contributed by atoms with Crippen molar-refractivity contribution in [2.75, 3.05) is 0 Å². The number of aromatic nitrogens is 3. The van der Waals surface area contributed by atoms with E-state index < -0.39 is 23.8 Å². The molecule has 2 aromatic rings. The summed E-state index contributed by atoms with van der Waals surface area (Å²) in [5.74, 6) is -1.73. The summed E-state index contributed by atoms with van der Waals surface area (Å²) in [6.07, 6.45) is -1.44. The van der Waals surface area contributed by atoms with E-state index in [0.717, 1.165) is 6.07 Å². The summed E-state index contributed by atoms with van der Waals surface area (Å²) in [6, 6.07) is 1.07. The Balaban J connectivity index is 2.48. The smallest absolute Gasteiger partial charge is 0.374 e. The maximum Gasteiger partial charge on any atom is 0.374 e. The number of aromatic carboxylic acids is 1. The number of halogens is 2. The molecule has 2 rings (SSSR count). The van der Waals surface area contributed by atoms with Gasteiger partial charge in [-0.1, -0.05) is 5.16 Å². The van der Waals surface area contributed by atoms with E-state index in [-0.39, 0.29) is 11.3 Å². The maximum atomic E-state index is 12.6. The molecule has 0 atom stereocenters. The van der Waals surface area contributed by atoms with Crippen LogP contribution in [0.5, 0.6) is 0 Å². The summed E-state index contributed by atoms with van der Waals surface area (Å²) < 4.78 is 31.0. The largest absolute Gasteiger partial charge is 0.475 e. The zero-order valence-electron chi connectivity index (χ0n) is 8.59. The van der Waals surface area contributed by atoms with Crippen LogP contribution in [0.3, 0.4) is 0 Å². The molecule has 90 valence electrons. The number of alkyl halides is 2. The van der Waals surface area contributed by atoms with Gasteiger partial charge in [-0.25, -0.2) is 13.6 Å². The average molecular weight is 243 g/mol. The fourth-order valence-electron chi connectivity index (χ4n) is 1.37. The van der Waals surface area contributed by atoms with Gasteiger partial charge in [-0.3, -0.25) is 4.68 Å². The number of hydrogen-bond acceptors (Lipinski definition) is 4. The number of carboxylic acid groups (broad SMARTS) is 1. The highest BCUT2D eigenvalue weighted by atomic mass is 19.3. The lowest BCUT2D eigenvalue weighted by Gasteiger charge is -1.95. The Bertz CT molecular complexity index is 562. The van der Waals surface area contributed by atoms with E-state index in [2.05, 4.69) is 14.8 Å². The van der Waals surface area contributed by atoms with Gasteiger partial charge in [-0.05, 0) is 0 Å². The van der Waals surface area contributed by atoms with Crippen LogP contribution < -0.4 is 0 Å². The number of nitrogens with zero attached hydrogens (tertiary/aromatic N) is 3. The second kappa shape index (κ2) is 3.96. The minimum absolute atomic E-state index is 0.0193. The zero-order chi connectivity index (χ0) is 12.6. The van der Waals surface area contributed by atoms with Crippen molar-refractivity contribution < 1.29 is 23.2 Å². The first-order chi connectivity index (χ1) is 7.99. The molecule has 0 aliphatic carbocycles. The van der Waals surface area contributed by atoms with Crippen molar-refractivity contribution in [3.63, 3.8) is 0 Å². The quantitative estimate of drug-likeness (QED) is 0.887. The van der Waals surface area contributed by atoms with Crippen LogP contribution in [0, 0.1) is 0 Å². The highest BCUT2D eigenvalue weighted by Gasteiger charge is 2.22. The van der Waals surface area contributed by atoms with Crippen molar-refractivity contribution in [3.05, 3.63) is 23.7 Å². The van der Waals surface area contributed by atoms with Gasteiger partial charge in [-0.15, -0.1) is 0 Å². The molecule has 0 spiro atoms.